The Hall–Kier alpha value is -1.51. The first kappa shape index (κ1) is 8.10. The van der Waals surface area contributed by atoms with Crippen molar-refractivity contribution in [1.29, 1.82) is 0 Å². The molecular weight excluding hydrogens is 162 g/mol. The molecule has 13 heavy (non-hydrogen) atoms. The van der Waals surface area contributed by atoms with Crippen LogP contribution in [0.2, 0.25) is 0 Å². The van der Waals surface area contributed by atoms with Crippen LogP contribution in [0.5, 0.6) is 0 Å². The number of rotatable bonds is 1. The van der Waals surface area contributed by atoms with Crippen LogP contribution in [0, 0.1) is 6.92 Å². The lowest BCUT2D eigenvalue weighted by molar-refractivity contribution is 1.14. The average Bonchev–Trinajstić information content (AvgIpc) is 2.45. The van der Waals surface area contributed by atoms with E-state index >= 15 is 0 Å². The highest BCUT2D eigenvalue weighted by atomic mass is 14.9. The van der Waals surface area contributed by atoms with Crippen molar-refractivity contribution in [3.63, 3.8) is 0 Å². The van der Waals surface area contributed by atoms with E-state index in [9.17, 15) is 0 Å². The molecular formula is C10H13N3. The lowest BCUT2D eigenvalue weighted by Crippen LogP contribution is -1.93. The summed E-state index contributed by atoms with van der Waals surface area (Å²) in [5, 5.41) is 0. The van der Waals surface area contributed by atoms with Crippen LogP contribution < -0.4 is 5.73 Å². The minimum absolute atomic E-state index is 0.835. The van der Waals surface area contributed by atoms with Crippen LogP contribution in [0.15, 0.2) is 12.1 Å². The maximum atomic E-state index is 5.85. The first-order chi connectivity index (χ1) is 6.22. The molecule has 0 spiro atoms. The van der Waals surface area contributed by atoms with Gasteiger partial charge in [0.15, 0.2) is 0 Å². The third-order valence-electron chi connectivity index (χ3n) is 2.27. The Morgan fingerprint density at radius 1 is 1.46 bits per heavy atom. The van der Waals surface area contributed by atoms with Gasteiger partial charge in [0.05, 0.1) is 11.0 Å². The topological polar surface area (TPSA) is 54.7 Å². The normalized spacial score (nSPS) is 10.9. The average molecular weight is 175 g/mol. The van der Waals surface area contributed by atoms with Gasteiger partial charge < -0.3 is 10.7 Å². The third-order valence-corrected chi connectivity index (χ3v) is 2.27. The molecule has 2 rings (SSSR count). The number of hydrogen-bond donors (Lipinski definition) is 2. The smallest absolute Gasteiger partial charge is 0.104 e. The van der Waals surface area contributed by atoms with Crippen LogP contribution in [0.25, 0.3) is 11.0 Å². The molecule has 3 heteroatoms. The highest BCUT2D eigenvalue weighted by Crippen LogP contribution is 2.22. The van der Waals surface area contributed by atoms with E-state index in [0.717, 1.165) is 34.5 Å². The molecule has 3 N–H and O–H groups in total. The molecule has 0 bridgehead atoms. The molecule has 0 amide bonds. The number of nitrogen functional groups attached to an aromatic ring is 1. The zero-order valence-electron chi connectivity index (χ0n) is 7.89. The molecule has 0 saturated heterocycles. The number of aromatic amines is 1. The number of H-pyrrole nitrogens is 1. The number of hydrogen-bond acceptors (Lipinski definition) is 2. The monoisotopic (exact) mass is 175 g/mol. The van der Waals surface area contributed by atoms with Gasteiger partial charge in [-0.2, -0.15) is 0 Å². The van der Waals surface area contributed by atoms with Crippen molar-refractivity contribution in [2.24, 2.45) is 0 Å². The van der Waals surface area contributed by atoms with Gasteiger partial charge in [0.25, 0.3) is 0 Å². The fourth-order valence-corrected chi connectivity index (χ4v) is 1.64. The molecule has 3 nitrogen and oxygen atoms in total. The summed E-state index contributed by atoms with van der Waals surface area (Å²) in [5.41, 5.74) is 9.91. The Balaban J connectivity index is 2.82. The number of nitrogens with zero attached hydrogens (tertiary/aromatic N) is 1. The lowest BCUT2D eigenvalue weighted by Gasteiger charge is -2.01. The molecule has 1 aromatic carbocycles. The number of aryl methyl sites for hydroxylation is 2. The number of benzene rings is 1. The van der Waals surface area contributed by atoms with Crippen molar-refractivity contribution in [3.05, 3.63) is 23.5 Å². The minimum Gasteiger partial charge on any atom is -0.398 e. The molecule has 0 unspecified atom stereocenters. The van der Waals surface area contributed by atoms with Gasteiger partial charge in [-0.15, -0.1) is 0 Å². The van der Waals surface area contributed by atoms with Crippen LogP contribution in [0.1, 0.15) is 18.3 Å². The second-order valence-corrected chi connectivity index (χ2v) is 3.21. The number of nitrogens with two attached hydrogens (primary N) is 1. The standard InChI is InChI=1S/C10H13N3/c1-3-7-8(11)4-5-9-10(7)13-6(2)12-9/h4-5H,3,11H2,1-2H3,(H,12,13). The summed E-state index contributed by atoms with van der Waals surface area (Å²) < 4.78 is 0. The van der Waals surface area contributed by atoms with E-state index < -0.39 is 0 Å². The van der Waals surface area contributed by atoms with Crippen molar-refractivity contribution < 1.29 is 0 Å². The molecule has 0 aliphatic heterocycles. The predicted octanol–water partition coefficient (Wildman–Crippen LogP) is 2.02. The Morgan fingerprint density at radius 3 is 2.92 bits per heavy atom. The second kappa shape index (κ2) is 2.76. The second-order valence-electron chi connectivity index (χ2n) is 3.21. The SMILES string of the molecule is CCc1c(N)ccc2[nH]c(C)nc12. The third kappa shape index (κ3) is 1.16. The van der Waals surface area contributed by atoms with Crippen LogP contribution >= 0.6 is 0 Å². The van der Waals surface area contributed by atoms with E-state index in [-0.39, 0.29) is 0 Å². The van der Waals surface area contributed by atoms with Crippen molar-refractivity contribution in [2.45, 2.75) is 20.3 Å². The molecule has 1 heterocycles. The van der Waals surface area contributed by atoms with Crippen molar-refractivity contribution in [1.82, 2.24) is 9.97 Å². The van der Waals surface area contributed by atoms with Gasteiger partial charge in [-0.05, 0) is 25.5 Å². The van der Waals surface area contributed by atoms with Crippen LogP contribution in [-0.2, 0) is 6.42 Å². The maximum Gasteiger partial charge on any atom is 0.104 e. The minimum atomic E-state index is 0.835. The van der Waals surface area contributed by atoms with Gasteiger partial charge in [0, 0.05) is 11.3 Å². The molecule has 1 aromatic heterocycles. The molecule has 0 radical (unpaired) electrons. The van der Waals surface area contributed by atoms with E-state index in [4.69, 9.17) is 5.73 Å². The van der Waals surface area contributed by atoms with Gasteiger partial charge in [-0.1, -0.05) is 6.92 Å². The van der Waals surface area contributed by atoms with Crippen LogP contribution in [-0.4, -0.2) is 9.97 Å². The summed E-state index contributed by atoms with van der Waals surface area (Å²) >= 11 is 0. The molecule has 68 valence electrons. The van der Waals surface area contributed by atoms with Crippen LogP contribution in [0.3, 0.4) is 0 Å². The fourth-order valence-electron chi connectivity index (χ4n) is 1.64. The fraction of sp³-hybridized carbons (Fsp3) is 0.300. The molecule has 0 saturated carbocycles. The maximum absolute atomic E-state index is 5.85. The summed E-state index contributed by atoms with van der Waals surface area (Å²) in [6, 6.07) is 3.91. The van der Waals surface area contributed by atoms with Crippen LogP contribution in [0.4, 0.5) is 5.69 Å². The zero-order chi connectivity index (χ0) is 9.42. The molecule has 0 aliphatic rings. The number of nitrogens with one attached hydrogen (secondary N) is 1. The summed E-state index contributed by atoms with van der Waals surface area (Å²) in [4.78, 5) is 7.60. The number of anilines is 1. The molecule has 0 aliphatic carbocycles. The van der Waals surface area contributed by atoms with E-state index in [1.165, 1.54) is 0 Å². The van der Waals surface area contributed by atoms with Crippen molar-refractivity contribution >= 4 is 16.7 Å². The van der Waals surface area contributed by atoms with Gasteiger partial charge in [0.2, 0.25) is 0 Å². The Kier molecular flexibility index (Phi) is 1.72. The summed E-state index contributed by atoms with van der Waals surface area (Å²) in [7, 11) is 0. The van der Waals surface area contributed by atoms with Crippen molar-refractivity contribution in [2.75, 3.05) is 5.73 Å². The van der Waals surface area contributed by atoms with Gasteiger partial charge in [-0.3, -0.25) is 0 Å². The largest absolute Gasteiger partial charge is 0.398 e. The van der Waals surface area contributed by atoms with Crippen molar-refractivity contribution in [3.8, 4) is 0 Å². The zero-order valence-corrected chi connectivity index (χ0v) is 7.89. The van der Waals surface area contributed by atoms with E-state index in [0.29, 0.717) is 0 Å². The van der Waals surface area contributed by atoms with Gasteiger partial charge in [-0.25, -0.2) is 4.98 Å². The number of imidazole rings is 1. The molecule has 0 fully saturated rings. The Bertz CT molecular complexity index is 443. The molecule has 2 aromatic rings. The van der Waals surface area contributed by atoms with Gasteiger partial charge >= 0.3 is 0 Å². The number of aromatic nitrogens is 2. The van der Waals surface area contributed by atoms with E-state index in [1.54, 1.807) is 0 Å². The predicted molar refractivity (Wildman–Crippen MR) is 54.6 cm³/mol. The number of fused-ring (bicyclic) bond motifs is 1. The summed E-state index contributed by atoms with van der Waals surface area (Å²) in [6.45, 7) is 4.05. The van der Waals surface area contributed by atoms with E-state index in [2.05, 4.69) is 16.9 Å². The molecule has 0 atom stereocenters. The quantitative estimate of drug-likeness (QED) is 0.651. The highest BCUT2D eigenvalue weighted by Gasteiger charge is 2.06. The van der Waals surface area contributed by atoms with E-state index in [1.807, 2.05) is 19.1 Å². The Morgan fingerprint density at radius 2 is 2.23 bits per heavy atom. The van der Waals surface area contributed by atoms with Gasteiger partial charge in [0.1, 0.15) is 5.82 Å². The first-order valence-electron chi connectivity index (χ1n) is 4.46. The Labute approximate surface area is 77.0 Å². The summed E-state index contributed by atoms with van der Waals surface area (Å²) in [5.74, 6) is 0.940. The lowest BCUT2D eigenvalue weighted by atomic mass is 10.1. The highest BCUT2D eigenvalue weighted by molar-refractivity contribution is 5.83. The summed E-state index contributed by atoms with van der Waals surface area (Å²) in [6.07, 6.45) is 0.924. The first-order valence-corrected chi connectivity index (χ1v) is 4.46.